The van der Waals surface area contributed by atoms with E-state index < -0.39 is 0 Å². The van der Waals surface area contributed by atoms with Crippen LogP contribution < -0.4 is 5.32 Å². The van der Waals surface area contributed by atoms with Gasteiger partial charge in [-0.3, -0.25) is 0 Å². The number of aryl methyl sites for hydroxylation is 1. The Morgan fingerprint density at radius 3 is 2.94 bits per heavy atom. The molecule has 1 atom stereocenters. The van der Waals surface area contributed by atoms with Gasteiger partial charge in [0.05, 0.1) is 18.2 Å². The lowest BCUT2D eigenvalue weighted by Crippen LogP contribution is -2.20. The molecule has 0 saturated carbocycles. The molecule has 1 aromatic heterocycles. The van der Waals surface area contributed by atoms with Crippen LogP contribution in [0.4, 0.5) is 0 Å². The van der Waals surface area contributed by atoms with Crippen molar-refractivity contribution in [2.75, 3.05) is 13.6 Å². The molecule has 3 nitrogen and oxygen atoms in total. The Hall–Kier alpha value is -1.61. The largest absolute Gasteiger partial charge is 0.330 e. The Balaban J connectivity index is 2.22. The highest BCUT2D eigenvalue weighted by molar-refractivity contribution is 5.59. The van der Waals surface area contributed by atoms with E-state index in [0.29, 0.717) is 5.92 Å². The van der Waals surface area contributed by atoms with Gasteiger partial charge in [0.15, 0.2) is 0 Å². The fourth-order valence-electron chi connectivity index (χ4n) is 2.26. The fraction of sp³-hybridized carbons (Fsp3) is 0.400. The highest BCUT2D eigenvalue weighted by Gasteiger charge is 2.08. The highest BCUT2D eigenvalue weighted by Crippen LogP contribution is 2.20. The van der Waals surface area contributed by atoms with Crippen molar-refractivity contribution in [2.45, 2.75) is 20.4 Å². The van der Waals surface area contributed by atoms with Gasteiger partial charge < -0.3 is 9.88 Å². The van der Waals surface area contributed by atoms with Crippen LogP contribution in [0.25, 0.3) is 11.3 Å². The lowest BCUT2D eigenvalue weighted by molar-refractivity contribution is 0.464. The van der Waals surface area contributed by atoms with Crippen LogP contribution in [0.1, 0.15) is 12.5 Å². The molecule has 0 saturated heterocycles. The maximum absolute atomic E-state index is 4.28. The van der Waals surface area contributed by atoms with E-state index in [-0.39, 0.29) is 0 Å². The number of imidazole rings is 1. The van der Waals surface area contributed by atoms with Gasteiger partial charge >= 0.3 is 0 Å². The molecule has 1 unspecified atom stereocenters. The summed E-state index contributed by atoms with van der Waals surface area (Å²) in [6, 6.07) is 8.56. The number of hydrogen-bond donors (Lipinski definition) is 1. The van der Waals surface area contributed by atoms with Crippen LogP contribution in [-0.4, -0.2) is 23.1 Å². The van der Waals surface area contributed by atoms with E-state index in [1.54, 1.807) is 0 Å². The minimum atomic E-state index is 0.591. The summed E-state index contributed by atoms with van der Waals surface area (Å²) >= 11 is 0. The fourth-order valence-corrected chi connectivity index (χ4v) is 2.26. The van der Waals surface area contributed by atoms with E-state index in [1.807, 2.05) is 19.6 Å². The molecule has 96 valence electrons. The van der Waals surface area contributed by atoms with Crippen molar-refractivity contribution in [3.8, 4) is 11.3 Å². The first-order valence-electron chi connectivity index (χ1n) is 6.42. The van der Waals surface area contributed by atoms with Crippen LogP contribution in [0.3, 0.4) is 0 Å². The molecule has 2 rings (SSSR count). The second-order valence-electron chi connectivity index (χ2n) is 4.96. The first kappa shape index (κ1) is 12.8. The Morgan fingerprint density at radius 2 is 2.22 bits per heavy atom. The van der Waals surface area contributed by atoms with E-state index in [2.05, 4.69) is 53.0 Å². The van der Waals surface area contributed by atoms with Gasteiger partial charge in [0, 0.05) is 12.1 Å². The summed E-state index contributed by atoms with van der Waals surface area (Å²) in [6.45, 7) is 6.37. The zero-order valence-electron chi connectivity index (χ0n) is 11.4. The number of hydrogen-bond acceptors (Lipinski definition) is 2. The molecule has 0 radical (unpaired) electrons. The van der Waals surface area contributed by atoms with Crippen LogP contribution in [0.2, 0.25) is 0 Å². The topological polar surface area (TPSA) is 29.9 Å². The standard InChI is InChI=1S/C15H21N3/c1-12-5-4-6-14(7-12)15-9-17-11-18(15)10-13(2)8-16-3/h4-7,9,11,13,16H,8,10H2,1-3H3. The quantitative estimate of drug-likeness (QED) is 0.875. The summed E-state index contributed by atoms with van der Waals surface area (Å²) in [5.41, 5.74) is 3.72. The zero-order chi connectivity index (χ0) is 13.0. The van der Waals surface area contributed by atoms with E-state index >= 15 is 0 Å². The molecule has 1 heterocycles. The van der Waals surface area contributed by atoms with Crippen LogP contribution in [0.15, 0.2) is 36.8 Å². The molecule has 0 aliphatic rings. The van der Waals surface area contributed by atoms with E-state index in [0.717, 1.165) is 13.1 Å². The van der Waals surface area contributed by atoms with Gasteiger partial charge in [-0.25, -0.2) is 4.98 Å². The maximum Gasteiger partial charge on any atom is 0.0951 e. The van der Waals surface area contributed by atoms with Crippen molar-refractivity contribution in [3.63, 3.8) is 0 Å². The van der Waals surface area contributed by atoms with Crippen LogP contribution in [-0.2, 0) is 6.54 Å². The molecule has 0 aliphatic heterocycles. The van der Waals surface area contributed by atoms with Crippen LogP contribution in [0.5, 0.6) is 0 Å². The lowest BCUT2D eigenvalue weighted by Gasteiger charge is -2.14. The molecule has 0 fully saturated rings. The minimum Gasteiger partial charge on any atom is -0.330 e. The van der Waals surface area contributed by atoms with Crippen molar-refractivity contribution in [1.82, 2.24) is 14.9 Å². The molecule has 3 heteroatoms. The number of aromatic nitrogens is 2. The van der Waals surface area contributed by atoms with Crippen molar-refractivity contribution < 1.29 is 0 Å². The second kappa shape index (κ2) is 5.83. The third-order valence-electron chi connectivity index (χ3n) is 3.09. The van der Waals surface area contributed by atoms with Gasteiger partial charge in [0.25, 0.3) is 0 Å². The summed E-state index contributed by atoms with van der Waals surface area (Å²) in [5, 5.41) is 3.21. The van der Waals surface area contributed by atoms with Crippen LogP contribution >= 0.6 is 0 Å². The molecule has 18 heavy (non-hydrogen) atoms. The Labute approximate surface area is 109 Å². The smallest absolute Gasteiger partial charge is 0.0951 e. The normalized spacial score (nSPS) is 12.6. The third-order valence-corrected chi connectivity index (χ3v) is 3.09. The van der Waals surface area contributed by atoms with Gasteiger partial charge in [0.1, 0.15) is 0 Å². The Kier molecular flexibility index (Phi) is 4.15. The molecule has 2 aromatic rings. The molecular weight excluding hydrogens is 222 g/mol. The molecule has 0 spiro atoms. The first-order chi connectivity index (χ1) is 8.70. The van der Waals surface area contributed by atoms with Crippen molar-refractivity contribution >= 4 is 0 Å². The van der Waals surface area contributed by atoms with E-state index in [9.17, 15) is 0 Å². The highest BCUT2D eigenvalue weighted by atomic mass is 15.0. The third kappa shape index (κ3) is 2.99. The lowest BCUT2D eigenvalue weighted by atomic mass is 10.1. The summed E-state index contributed by atoms with van der Waals surface area (Å²) in [4.78, 5) is 4.28. The summed E-state index contributed by atoms with van der Waals surface area (Å²) in [6.07, 6.45) is 3.87. The van der Waals surface area contributed by atoms with Crippen molar-refractivity contribution in [1.29, 1.82) is 0 Å². The average Bonchev–Trinajstić information content (AvgIpc) is 2.77. The predicted octanol–water partition coefficient (Wildman–Crippen LogP) is 2.71. The van der Waals surface area contributed by atoms with Gasteiger partial charge in [-0.05, 0) is 32.5 Å². The monoisotopic (exact) mass is 243 g/mol. The second-order valence-corrected chi connectivity index (χ2v) is 4.96. The van der Waals surface area contributed by atoms with Gasteiger partial charge in [0.2, 0.25) is 0 Å². The molecule has 0 bridgehead atoms. The first-order valence-corrected chi connectivity index (χ1v) is 6.42. The number of rotatable bonds is 5. The number of benzene rings is 1. The number of nitrogens with one attached hydrogen (secondary N) is 1. The molecule has 1 aromatic carbocycles. The summed E-state index contributed by atoms with van der Waals surface area (Å²) < 4.78 is 2.23. The molecular formula is C15H21N3. The van der Waals surface area contributed by atoms with Crippen molar-refractivity contribution in [3.05, 3.63) is 42.4 Å². The Bertz CT molecular complexity index is 502. The molecule has 1 N–H and O–H groups in total. The minimum absolute atomic E-state index is 0.591. The van der Waals surface area contributed by atoms with E-state index in [4.69, 9.17) is 0 Å². The van der Waals surface area contributed by atoms with Gasteiger partial charge in [-0.2, -0.15) is 0 Å². The predicted molar refractivity (Wildman–Crippen MR) is 75.5 cm³/mol. The number of nitrogens with zero attached hydrogens (tertiary/aromatic N) is 2. The van der Waals surface area contributed by atoms with Crippen LogP contribution in [0, 0.1) is 12.8 Å². The van der Waals surface area contributed by atoms with E-state index in [1.165, 1.54) is 16.8 Å². The average molecular weight is 243 g/mol. The summed E-state index contributed by atoms with van der Waals surface area (Å²) in [5.74, 6) is 0.591. The van der Waals surface area contributed by atoms with Crippen molar-refractivity contribution in [2.24, 2.45) is 5.92 Å². The SMILES string of the molecule is CNCC(C)Cn1cncc1-c1cccc(C)c1. The van der Waals surface area contributed by atoms with Gasteiger partial charge in [-0.15, -0.1) is 0 Å². The molecule has 0 amide bonds. The Morgan fingerprint density at radius 1 is 1.39 bits per heavy atom. The zero-order valence-corrected chi connectivity index (χ0v) is 11.4. The molecule has 0 aliphatic carbocycles. The summed E-state index contributed by atoms with van der Waals surface area (Å²) in [7, 11) is 1.99. The maximum atomic E-state index is 4.28. The van der Waals surface area contributed by atoms with Gasteiger partial charge in [-0.1, -0.05) is 30.7 Å².